The van der Waals surface area contributed by atoms with Gasteiger partial charge in [-0.2, -0.15) is 0 Å². The van der Waals surface area contributed by atoms with Crippen LogP contribution in [0.1, 0.15) is 59.1 Å². The second-order valence-electron chi connectivity index (χ2n) is 12.6. The van der Waals surface area contributed by atoms with Gasteiger partial charge < -0.3 is 10.6 Å². The lowest BCUT2D eigenvalue weighted by Crippen LogP contribution is -2.14. The molecule has 0 amide bonds. The van der Waals surface area contributed by atoms with Crippen LogP contribution in [-0.4, -0.2) is 13.1 Å². The van der Waals surface area contributed by atoms with Crippen molar-refractivity contribution >= 4 is 36.0 Å². The maximum atomic E-state index is 12.9. The van der Waals surface area contributed by atoms with E-state index in [0.717, 1.165) is 63.0 Å². The first-order valence-corrected chi connectivity index (χ1v) is 18.2. The smallest absolute Gasteiger partial charge is 0.123 e. The molecule has 0 aliphatic rings. The first-order valence-electron chi connectivity index (χ1n) is 18.2. The maximum Gasteiger partial charge on any atom is 0.123 e. The Morgan fingerprint density at radius 1 is 0.389 bits per heavy atom. The molecule has 0 aromatic heterocycles. The highest BCUT2D eigenvalue weighted by molar-refractivity contribution is 5.85. The van der Waals surface area contributed by atoms with E-state index in [1.807, 2.05) is 48.5 Å². The summed E-state index contributed by atoms with van der Waals surface area (Å²) in [6.45, 7) is 3.41. The highest BCUT2D eigenvalue weighted by atomic mass is 35.5. The van der Waals surface area contributed by atoms with E-state index in [1.54, 1.807) is 0 Å². The SMILES string of the molecule is Cl.Cl.Fc1ccc(CNCCCC=C(c2ccccc2)c2ccccc2)cc1.Fc1ccc(CNCCCC=C(c2ccccc2)c2ccccc2)cc1. The van der Waals surface area contributed by atoms with Crippen LogP contribution in [0.25, 0.3) is 11.1 Å². The lowest BCUT2D eigenvalue weighted by atomic mass is 9.96. The fourth-order valence-corrected chi connectivity index (χ4v) is 5.89. The van der Waals surface area contributed by atoms with E-state index < -0.39 is 0 Å². The highest BCUT2D eigenvalue weighted by Gasteiger charge is 2.05. The summed E-state index contributed by atoms with van der Waals surface area (Å²) >= 11 is 0. The molecular formula is C48H50Cl2F2N2. The summed E-state index contributed by atoms with van der Waals surface area (Å²) in [7, 11) is 0. The Morgan fingerprint density at radius 3 is 0.944 bits per heavy atom. The molecule has 2 nitrogen and oxygen atoms in total. The zero-order chi connectivity index (χ0) is 36.1. The van der Waals surface area contributed by atoms with Crippen LogP contribution in [0, 0.1) is 11.6 Å². The molecule has 6 rings (SSSR count). The lowest BCUT2D eigenvalue weighted by molar-refractivity contribution is 0.623. The topological polar surface area (TPSA) is 24.1 Å². The van der Waals surface area contributed by atoms with Crippen molar-refractivity contribution in [2.45, 2.75) is 38.8 Å². The zero-order valence-electron chi connectivity index (χ0n) is 30.5. The molecule has 0 fully saturated rings. The second-order valence-corrected chi connectivity index (χ2v) is 12.6. The normalized spacial score (nSPS) is 10.1. The number of halogens is 4. The third-order valence-corrected chi connectivity index (χ3v) is 8.64. The van der Waals surface area contributed by atoms with Crippen molar-refractivity contribution in [3.05, 3.63) is 227 Å². The van der Waals surface area contributed by atoms with Crippen LogP contribution in [0.4, 0.5) is 8.78 Å². The molecule has 280 valence electrons. The molecular weight excluding hydrogens is 713 g/mol. The average Bonchev–Trinajstić information content (AvgIpc) is 3.20. The molecule has 0 saturated heterocycles. The predicted molar refractivity (Wildman–Crippen MR) is 229 cm³/mol. The van der Waals surface area contributed by atoms with Crippen molar-refractivity contribution in [2.75, 3.05) is 13.1 Å². The summed E-state index contributed by atoms with van der Waals surface area (Å²) in [5.41, 5.74) is 9.77. The number of hydrogen-bond donors (Lipinski definition) is 2. The van der Waals surface area contributed by atoms with Crippen molar-refractivity contribution in [1.29, 1.82) is 0 Å². The molecule has 0 aliphatic carbocycles. The zero-order valence-corrected chi connectivity index (χ0v) is 32.2. The van der Waals surface area contributed by atoms with Gasteiger partial charge in [-0.05, 0) is 108 Å². The van der Waals surface area contributed by atoms with Crippen molar-refractivity contribution in [1.82, 2.24) is 10.6 Å². The van der Waals surface area contributed by atoms with Gasteiger partial charge in [0.15, 0.2) is 0 Å². The van der Waals surface area contributed by atoms with Gasteiger partial charge in [0.25, 0.3) is 0 Å². The molecule has 0 unspecified atom stereocenters. The summed E-state index contributed by atoms with van der Waals surface area (Å²) in [6.07, 6.45) is 8.79. The molecule has 0 radical (unpaired) electrons. The van der Waals surface area contributed by atoms with Gasteiger partial charge in [0.1, 0.15) is 11.6 Å². The number of allylic oxidation sites excluding steroid dienone is 2. The van der Waals surface area contributed by atoms with Crippen LogP contribution in [-0.2, 0) is 13.1 Å². The van der Waals surface area contributed by atoms with Crippen LogP contribution in [0.15, 0.2) is 182 Å². The number of nitrogens with one attached hydrogen (secondary N) is 2. The largest absolute Gasteiger partial charge is 0.313 e. The molecule has 6 heteroatoms. The standard InChI is InChI=1S/2C24H24FN.2ClH/c2*25-23-16-14-20(15-17-23)19-26-18-8-7-13-24(21-9-3-1-4-10-21)22-11-5-2-6-12-22;;/h2*1-6,9-17,26H,7-8,18-19H2;2*1H. The summed E-state index contributed by atoms with van der Waals surface area (Å²) < 4.78 is 25.8. The number of rotatable bonds is 16. The third-order valence-electron chi connectivity index (χ3n) is 8.64. The van der Waals surface area contributed by atoms with Gasteiger partial charge in [0.05, 0.1) is 0 Å². The molecule has 6 aromatic rings. The molecule has 2 N–H and O–H groups in total. The first kappa shape index (κ1) is 43.6. The second kappa shape index (κ2) is 25.2. The van der Waals surface area contributed by atoms with Crippen molar-refractivity contribution in [3.63, 3.8) is 0 Å². The van der Waals surface area contributed by atoms with Crippen LogP contribution in [0.2, 0.25) is 0 Å². The van der Waals surface area contributed by atoms with E-state index in [2.05, 4.69) is 120 Å². The van der Waals surface area contributed by atoms with Gasteiger partial charge in [-0.1, -0.05) is 158 Å². The summed E-state index contributed by atoms with van der Waals surface area (Å²) in [6, 6.07) is 55.4. The Hall–Kier alpha value is -4.84. The van der Waals surface area contributed by atoms with Gasteiger partial charge in [-0.25, -0.2) is 8.78 Å². The molecule has 0 bridgehead atoms. The van der Waals surface area contributed by atoms with Crippen LogP contribution in [0.5, 0.6) is 0 Å². The van der Waals surface area contributed by atoms with Crippen LogP contribution in [0.3, 0.4) is 0 Å². The van der Waals surface area contributed by atoms with Crippen molar-refractivity contribution in [3.8, 4) is 0 Å². The molecule has 54 heavy (non-hydrogen) atoms. The monoisotopic (exact) mass is 762 g/mol. The van der Waals surface area contributed by atoms with Crippen LogP contribution >= 0.6 is 24.8 Å². The highest BCUT2D eigenvalue weighted by Crippen LogP contribution is 2.25. The Kier molecular flexibility index (Phi) is 20.4. The fraction of sp³-hybridized carbons (Fsp3) is 0.167. The minimum absolute atomic E-state index is 0. The molecule has 0 aliphatic heterocycles. The molecule has 6 aromatic carbocycles. The Labute approximate surface area is 332 Å². The molecule has 0 saturated carbocycles. The predicted octanol–water partition coefficient (Wildman–Crippen LogP) is 12.5. The number of hydrogen-bond acceptors (Lipinski definition) is 2. The van der Waals surface area contributed by atoms with Crippen LogP contribution < -0.4 is 10.6 Å². The van der Waals surface area contributed by atoms with E-state index in [0.29, 0.717) is 0 Å². The lowest BCUT2D eigenvalue weighted by Gasteiger charge is -2.09. The average molecular weight is 764 g/mol. The van der Waals surface area contributed by atoms with Gasteiger partial charge in [0, 0.05) is 13.1 Å². The quantitative estimate of drug-likeness (QED) is 0.0960. The van der Waals surface area contributed by atoms with Gasteiger partial charge >= 0.3 is 0 Å². The van der Waals surface area contributed by atoms with Gasteiger partial charge in [0.2, 0.25) is 0 Å². The van der Waals surface area contributed by atoms with E-state index >= 15 is 0 Å². The van der Waals surface area contributed by atoms with E-state index in [9.17, 15) is 8.78 Å². The maximum absolute atomic E-state index is 12.9. The summed E-state index contributed by atoms with van der Waals surface area (Å²) in [5.74, 6) is -0.374. The minimum atomic E-state index is -0.187. The molecule has 0 atom stereocenters. The third kappa shape index (κ3) is 15.3. The number of benzene rings is 6. The van der Waals surface area contributed by atoms with Gasteiger partial charge in [-0.15, -0.1) is 24.8 Å². The van der Waals surface area contributed by atoms with E-state index in [-0.39, 0.29) is 36.4 Å². The van der Waals surface area contributed by atoms with Crippen molar-refractivity contribution < 1.29 is 8.78 Å². The number of unbranched alkanes of at least 4 members (excludes halogenated alkanes) is 2. The summed E-state index contributed by atoms with van der Waals surface area (Å²) in [5, 5.41) is 6.85. The van der Waals surface area contributed by atoms with Gasteiger partial charge in [-0.3, -0.25) is 0 Å². The van der Waals surface area contributed by atoms with E-state index in [1.165, 1.54) is 57.7 Å². The Bertz CT molecular complexity index is 1690. The Morgan fingerprint density at radius 2 is 0.667 bits per heavy atom. The molecule has 0 heterocycles. The minimum Gasteiger partial charge on any atom is -0.313 e. The van der Waals surface area contributed by atoms with E-state index in [4.69, 9.17) is 0 Å². The molecule has 0 spiro atoms. The first-order chi connectivity index (χ1) is 25.7. The summed E-state index contributed by atoms with van der Waals surface area (Å²) in [4.78, 5) is 0. The van der Waals surface area contributed by atoms with Crippen molar-refractivity contribution in [2.24, 2.45) is 0 Å². The Balaban J connectivity index is 0.000000280. The fourth-order valence-electron chi connectivity index (χ4n) is 5.89.